The lowest BCUT2D eigenvalue weighted by Gasteiger charge is -2.08. The highest BCUT2D eigenvalue weighted by atomic mass is 32.1. The van der Waals surface area contributed by atoms with Gasteiger partial charge in [-0.25, -0.2) is 14.4 Å². The van der Waals surface area contributed by atoms with E-state index in [4.69, 9.17) is 0 Å². The van der Waals surface area contributed by atoms with Gasteiger partial charge in [-0.3, -0.25) is 0 Å². The molecule has 0 aliphatic heterocycles. The molecule has 0 bridgehead atoms. The number of thiophene rings is 1. The van der Waals surface area contributed by atoms with Crippen LogP contribution < -0.4 is 5.32 Å². The Kier molecular flexibility index (Phi) is 3.38. The Balaban J connectivity index is 2.53. The van der Waals surface area contributed by atoms with Gasteiger partial charge in [-0.2, -0.15) is 0 Å². The van der Waals surface area contributed by atoms with Gasteiger partial charge in [0.05, 0.1) is 10.6 Å². The number of hydrogen-bond donors (Lipinski definition) is 1. The van der Waals surface area contributed by atoms with Crippen LogP contribution in [0.5, 0.6) is 0 Å². The van der Waals surface area contributed by atoms with E-state index in [0.29, 0.717) is 18.1 Å². The zero-order valence-corrected chi connectivity index (χ0v) is 10.9. The summed E-state index contributed by atoms with van der Waals surface area (Å²) in [5.74, 6) is 0.500. The van der Waals surface area contributed by atoms with E-state index in [-0.39, 0.29) is 11.6 Å². The van der Waals surface area contributed by atoms with Crippen molar-refractivity contribution in [1.82, 2.24) is 9.97 Å². The Morgan fingerprint density at radius 3 is 2.71 bits per heavy atom. The van der Waals surface area contributed by atoms with E-state index in [2.05, 4.69) is 15.3 Å². The van der Waals surface area contributed by atoms with Crippen molar-refractivity contribution in [3.8, 4) is 10.7 Å². The van der Waals surface area contributed by atoms with E-state index in [1.807, 2.05) is 25.3 Å². The fraction of sp³-hybridized carbons (Fsp3) is 0.333. The lowest BCUT2D eigenvalue weighted by molar-refractivity contribution is 0.606. The predicted molar refractivity (Wildman–Crippen MR) is 68.9 cm³/mol. The first-order valence-electron chi connectivity index (χ1n) is 5.46. The molecule has 0 atom stereocenters. The molecule has 0 amide bonds. The fourth-order valence-electron chi connectivity index (χ4n) is 1.55. The van der Waals surface area contributed by atoms with Crippen molar-refractivity contribution in [2.45, 2.75) is 20.8 Å². The minimum Gasteiger partial charge on any atom is -0.368 e. The van der Waals surface area contributed by atoms with Crippen LogP contribution in [0.15, 0.2) is 11.4 Å². The van der Waals surface area contributed by atoms with Crippen LogP contribution in [0.25, 0.3) is 10.7 Å². The Hall–Kier alpha value is -1.49. The highest BCUT2D eigenvalue weighted by Crippen LogP contribution is 2.28. The zero-order valence-electron chi connectivity index (χ0n) is 10.0. The van der Waals surface area contributed by atoms with Crippen molar-refractivity contribution in [2.75, 3.05) is 11.9 Å². The molecule has 0 unspecified atom stereocenters. The predicted octanol–water partition coefficient (Wildman–Crippen LogP) is 3.39. The molecule has 2 aromatic heterocycles. The maximum atomic E-state index is 13.7. The molecule has 0 aliphatic carbocycles. The van der Waals surface area contributed by atoms with Crippen molar-refractivity contribution in [3.05, 3.63) is 28.5 Å². The van der Waals surface area contributed by atoms with Gasteiger partial charge in [0.1, 0.15) is 0 Å². The third-order valence-electron chi connectivity index (χ3n) is 2.43. The van der Waals surface area contributed by atoms with Crippen molar-refractivity contribution in [3.63, 3.8) is 0 Å². The summed E-state index contributed by atoms with van der Waals surface area (Å²) < 4.78 is 13.7. The fourth-order valence-corrected chi connectivity index (χ4v) is 2.41. The Morgan fingerprint density at radius 2 is 2.12 bits per heavy atom. The standard InChI is InChI=1S/C12H14FN3S/c1-4-14-11-9(13)8(3)15-12(16-11)10-7(2)5-6-17-10/h5-6H,4H2,1-3H3,(H,14,15,16). The van der Waals surface area contributed by atoms with E-state index in [1.165, 1.54) is 0 Å². The van der Waals surface area contributed by atoms with E-state index >= 15 is 0 Å². The maximum absolute atomic E-state index is 13.7. The normalized spacial score (nSPS) is 10.6. The van der Waals surface area contributed by atoms with E-state index < -0.39 is 0 Å². The molecule has 2 heterocycles. The largest absolute Gasteiger partial charge is 0.368 e. The van der Waals surface area contributed by atoms with Crippen molar-refractivity contribution < 1.29 is 4.39 Å². The molecule has 5 heteroatoms. The first kappa shape index (κ1) is 12.0. The van der Waals surface area contributed by atoms with Crippen LogP contribution in [0, 0.1) is 19.7 Å². The summed E-state index contributed by atoms with van der Waals surface area (Å²) in [6, 6.07) is 2.01. The lowest BCUT2D eigenvalue weighted by Crippen LogP contribution is -2.06. The number of hydrogen-bond acceptors (Lipinski definition) is 4. The van der Waals surface area contributed by atoms with Crippen LogP contribution in [0.1, 0.15) is 18.2 Å². The molecule has 2 aromatic rings. The lowest BCUT2D eigenvalue weighted by atomic mass is 10.2. The molecule has 90 valence electrons. The first-order chi connectivity index (χ1) is 8.13. The summed E-state index contributed by atoms with van der Waals surface area (Å²) in [6.45, 7) is 6.20. The molecule has 0 aromatic carbocycles. The highest BCUT2D eigenvalue weighted by molar-refractivity contribution is 7.13. The van der Waals surface area contributed by atoms with Crippen LogP contribution in [0.3, 0.4) is 0 Å². The van der Waals surface area contributed by atoms with Gasteiger partial charge in [0, 0.05) is 6.54 Å². The van der Waals surface area contributed by atoms with Gasteiger partial charge in [0.15, 0.2) is 17.5 Å². The molecule has 3 nitrogen and oxygen atoms in total. The summed E-state index contributed by atoms with van der Waals surface area (Å²) >= 11 is 1.57. The average molecular weight is 251 g/mol. The molecule has 0 spiro atoms. The smallest absolute Gasteiger partial charge is 0.186 e. The summed E-state index contributed by atoms with van der Waals surface area (Å²) in [7, 11) is 0. The van der Waals surface area contributed by atoms with Gasteiger partial charge in [-0.1, -0.05) is 0 Å². The molecule has 0 aliphatic rings. The third-order valence-corrected chi connectivity index (χ3v) is 3.44. The number of nitrogens with zero attached hydrogens (tertiary/aromatic N) is 2. The van der Waals surface area contributed by atoms with Crippen LogP contribution in [-0.2, 0) is 0 Å². The average Bonchev–Trinajstić information content (AvgIpc) is 2.71. The Labute approximate surface area is 104 Å². The first-order valence-corrected chi connectivity index (χ1v) is 6.34. The minimum atomic E-state index is -0.371. The Morgan fingerprint density at radius 1 is 1.35 bits per heavy atom. The van der Waals surface area contributed by atoms with Crippen molar-refractivity contribution in [2.24, 2.45) is 0 Å². The number of halogens is 1. The van der Waals surface area contributed by atoms with Crippen molar-refractivity contribution >= 4 is 17.2 Å². The molecule has 0 saturated carbocycles. The maximum Gasteiger partial charge on any atom is 0.186 e. The minimum absolute atomic E-state index is 0.280. The van der Waals surface area contributed by atoms with Gasteiger partial charge in [0.25, 0.3) is 0 Å². The van der Waals surface area contributed by atoms with E-state index in [9.17, 15) is 4.39 Å². The number of nitrogens with one attached hydrogen (secondary N) is 1. The summed E-state index contributed by atoms with van der Waals surface area (Å²) in [6.07, 6.45) is 0. The van der Waals surface area contributed by atoms with Gasteiger partial charge < -0.3 is 5.32 Å². The van der Waals surface area contributed by atoms with E-state index in [1.54, 1.807) is 18.3 Å². The van der Waals surface area contributed by atoms with Gasteiger partial charge in [0.2, 0.25) is 0 Å². The molecule has 2 rings (SSSR count). The highest BCUT2D eigenvalue weighted by Gasteiger charge is 2.14. The molecule has 0 radical (unpaired) electrons. The molecule has 1 N–H and O–H groups in total. The van der Waals surface area contributed by atoms with E-state index in [0.717, 1.165) is 10.4 Å². The van der Waals surface area contributed by atoms with Gasteiger partial charge in [-0.05, 0) is 37.8 Å². The molecular weight excluding hydrogens is 237 g/mol. The second-order valence-corrected chi connectivity index (χ2v) is 4.67. The zero-order chi connectivity index (χ0) is 12.4. The second-order valence-electron chi connectivity index (χ2n) is 3.76. The Bertz CT molecular complexity index is 537. The van der Waals surface area contributed by atoms with Gasteiger partial charge in [-0.15, -0.1) is 11.3 Å². The monoisotopic (exact) mass is 251 g/mol. The quantitative estimate of drug-likeness (QED) is 0.908. The SMILES string of the molecule is CCNc1nc(-c2sccc2C)nc(C)c1F. The van der Waals surface area contributed by atoms with Gasteiger partial charge >= 0.3 is 0 Å². The molecule has 0 fully saturated rings. The number of anilines is 1. The second kappa shape index (κ2) is 4.79. The van der Waals surface area contributed by atoms with Crippen LogP contribution >= 0.6 is 11.3 Å². The van der Waals surface area contributed by atoms with Crippen molar-refractivity contribution in [1.29, 1.82) is 0 Å². The topological polar surface area (TPSA) is 37.8 Å². The summed E-state index contributed by atoms with van der Waals surface area (Å²) in [5.41, 5.74) is 1.49. The number of aromatic nitrogens is 2. The molecule has 17 heavy (non-hydrogen) atoms. The van der Waals surface area contributed by atoms with Crippen LogP contribution in [-0.4, -0.2) is 16.5 Å². The van der Waals surface area contributed by atoms with Crippen LogP contribution in [0.4, 0.5) is 10.2 Å². The number of rotatable bonds is 3. The summed E-state index contributed by atoms with van der Waals surface area (Å²) in [5, 5.41) is 4.90. The number of aryl methyl sites for hydroxylation is 2. The molecule has 0 saturated heterocycles. The third kappa shape index (κ3) is 2.29. The molecular formula is C12H14FN3S. The van der Waals surface area contributed by atoms with Crippen LogP contribution in [0.2, 0.25) is 0 Å². The summed E-state index contributed by atoms with van der Waals surface area (Å²) in [4.78, 5) is 9.44.